The molecule has 0 bridgehead atoms. The molecule has 2 N–H and O–H groups in total. The van der Waals surface area contributed by atoms with E-state index in [1.807, 2.05) is 4.90 Å². The van der Waals surface area contributed by atoms with Crippen LogP contribution in [0.3, 0.4) is 0 Å². The first kappa shape index (κ1) is 12.5. The van der Waals surface area contributed by atoms with Gasteiger partial charge in [-0.25, -0.2) is 0 Å². The van der Waals surface area contributed by atoms with Gasteiger partial charge in [-0.3, -0.25) is 9.78 Å². The number of aromatic amines is 1. The molecule has 3 rings (SSSR count). The van der Waals surface area contributed by atoms with Crippen molar-refractivity contribution in [1.82, 2.24) is 9.97 Å². The molecule has 1 saturated carbocycles. The van der Waals surface area contributed by atoms with Crippen molar-refractivity contribution in [2.45, 2.75) is 31.6 Å². The predicted molar refractivity (Wildman–Crippen MR) is 70.8 cm³/mol. The molecule has 1 aliphatic heterocycles. The minimum absolute atomic E-state index is 0.0999. The molecule has 104 valence electrons. The lowest BCUT2D eigenvalue weighted by Crippen LogP contribution is -2.38. The molecule has 6 heteroatoms. The van der Waals surface area contributed by atoms with E-state index in [1.165, 1.54) is 0 Å². The summed E-state index contributed by atoms with van der Waals surface area (Å²) in [7, 11) is 0. The van der Waals surface area contributed by atoms with Crippen molar-refractivity contribution >= 4 is 5.95 Å². The fourth-order valence-electron chi connectivity index (χ4n) is 2.97. The van der Waals surface area contributed by atoms with E-state index in [-0.39, 0.29) is 17.4 Å². The summed E-state index contributed by atoms with van der Waals surface area (Å²) < 4.78 is 5.26. The van der Waals surface area contributed by atoms with Crippen LogP contribution in [0.2, 0.25) is 0 Å². The Morgan fingerprint density at radius 3 is 2.58 bits per heavy atom. The van der Waals surface area contributed by atoms with E-state index in [2.05, 4.69) is 9.97 Å². The summed E-state index contributed by atoms with van der Waals surface area (Å²) in [4.78, 5) is 21.1. The van der Waals surface area contributed by atoms with Crippen LogP contribution in [0, 0.1) is 0 Å². The Morgan fingerprint density at radius 1 is 1.26 bits per heavy atom. The molecule has 2 aliphatic rings. The molecule has 0 unspecified atom stereocenters. The maximum Gasteiger partial charge on any atom is 0.259 e. The standard InChI is InChI=1S/C13H19N3O3/c17-11-10(9-3-1-2-4-9)12(18)15-13(14-11)16-5-7-19-8-6-16/h9H,1-8H2,(H2,14,15,17,18). The highest BCUT2D eigenvalue weighted by Crippen LogP contribution is 2.35. The molecule has 0 amide bonds. The third-order valence-electron chi connectivity index (χ3n) is 4.00. The van der Waals surface area contributed by atoms with Gasteiger partial charge in [0.2, 0.25) is 11.8 Å². The minimum atomic E-state index is -0.194. The van der Waals surface area contributed by atoms with E-state index in [0.717, 1.165) is 25.7 Å². The van der Waals surface area contributed by atoms with Crippen LogP contribution in [0.25, 0.3) is 0 Å². The zero-order chi connectivity index (χ0) is 13.2. The highest BCUT2D eigenvalue weighted by atomic mass is 16.5. The number of aromatic nitrogens is 2. The van der Waals surface area contributed by atoms with Gasteiger partial charge in [0.15, 0.2) is 0 Å². The van der Waals surface area contributed by atoms with Gasteiger partial charge in [-0.05, 0) is 18.8 Å². The Bertz CT molecular complexity index is 502. The van der Waals surface area contributed by atoms with Gasteiger partial charge < -0.3 is 14.7 Å². The van der Waals surface area contributed by atoms with E-state index >= 15 is 0 Å². The van der Waals surface area contributed by atoms with Gasteiger partial charge in [0.05, 0.1) is 18.8 Å². The average molecular weight is 265 g/mol. The maximum atomic E-state index is 12.2. The number of ether oxygens (including phenoxy) is 1. The number of H-pyrrole nitrogens is 1. The second-order valence-corrected chi connectivity index (χ2v) is 5.21. The zero-order valence-electron chi connectivity index (χ0n) is 10.9. The third kappa shape index (κ3) is 2.45. The van der Waals surface area contributed by atoms with Crippen molar-refractivity contribution in [2.24, 2.45) is 0 Å². The number of aromatic hydroxyl groups is 1. The molecule has 2 fully saturated rings. The van der Waals surface area contributed by atoms with Crippen LogP contribution >= 0.6 is 0 Å². The molecule has 0 spiro atoms. The quantitative estimate of drug-likeness (QED) is 0.833. The topological polar surface area (TPSA) is 78.5 Å². The molecule has 1 saturated heterocycles. The summed E-state index contributed by atoms with van der Waals surface area (Å²) in [5.74, 6) is 0.514. The smallest absolute Gasteiger partial charge is 0.259 e. The van der Waals surface area contributed by atoms with Crippen LogP contribution in [-0.4, -0.2) is 41.4 Å². The van der Waals surface area contributed by atoms with E-state index in [1.54, 1.807) is 0 Å². The number of nitrogens with zero attached hydrogens (tertiary/aromatic N) is 2. The molecule has 19 heavy (non-hydrogen) atoms. The van der Waals surface area contributed by atoms with Gasteiger partial charge in [0.25, 0.3) is 5.56 Å². The van der Waals surface area contributed by atoms with Gasteiger partial charge in [0.1, 0.15) is 0 Å². The number of anilines is 1. The lowest BCUT2D eigenvalue weighted by molar-refractivity contribution is 0.122. The molecule has 0 radical (unpaired) electrons. The highest BCUT2D eigenvalue weighted by molar-refractivity contribution is 5.37. The maximum absolute atomic E-state index is 12.2. The Hall–Kier alpha value is -1.56. The average Bonchev–Trinajstić information content (AvgIpc) is 2.93. The first-order chi connectivity index (χ1) is 9.25. The molecular formula is C13H19N3O3. The first-order valence-electron chi connectivity index (χ1n) is 6.91. The van der Waals surface area contributed by atoms with E-state index in [0.29, 0.717) is 37.8 Å². The Balaban J connectivity index is 1.90. The Morgan fingerprint density at radius 2 is 1.95 bits per heavy atom. The van der Waals surface area contributed by atoms with Gasteiger partial charge in [-0.2, -0.15) is 4.98 Å². The van der Waals surface area contributed by atoms with Crippen molar-refractivity contribution in [3.05, 3.63) is 15.9 Å². The van der Waals surface area contributed by atoms with Crippen molar-refractivity contribution in [3.63, 3.8) is 0 Å². The number of hydrogen-bond donors (Lipinski definition) is 2. The molecule has 1 aromatic rings. The largest absolute Gasteiger partial charge is 0.493 e. The highest BCUT2D eigenvalue weighted by Gasteiger charge is 2.25. The minimum Gasteiger partial charge on any atom is -0.493 e. The van der Waals surface area contributed by atoms with Crippen molar-refractivity contribution < 1.29 is 9.84 Å². The predicted octanol–water partition coefficient (Wildman–Crippen LogP) is 0.970. The molecule has 1 aromatic heterocycles. The van der Waals surface area contributed by atoms with Crippen LogP contribution < -0.4 is 10.5 Å². The Kier molecular flexibility index (Phi) is 3.42. The zero-order valence-corrected chi connectivity index (χ0v) is 10.9. The third-order valence-corrected chi connectivity index (χ3v) is 4.00. The molecule has 1 aliphatic carbocycles. The van der Waals surface area contributed by atoms with Crippen LogP contribution in [0.5, 0.6) is 5.88 Å². The number of rotatable bonds is 2. The summed E-state index contributed by atoms with van der Waals surface area (Å²) in [6, 6.07) is 0. The molecule has 0 aromatic carbocycles. The van der Waals surface area contributed by atoms with Crippen LogP contribution in [-0.2, 0) is 4.74 Å². The van der Waals surface area contributed by atoms with E-state index in [4.69, 9.17) is 4.74 Å². The summed E-state index contributed by atoms with van der Waals surface area (Å²) in [6.45, 7) is 2.61. The normalized spacial score (nSPS) is 20.9. The number of hydrogen-bond acceptors (Lipinski definition) is 5. The van der Waals surface area contributed by atoms with Crippen LogP contribution in [0.1, 0.15) is 37.2 Å². The monoisotopic (exact) mass is 265 g/mol. The number of morpholine rings is 1. The number of nitrogens with one attached hydrogen (secondary N) is 1. The van der Waals surface area contributed by atoms with Crippen LogP contribution in [0.15, 0.2) is 4.79 Å². The fraction of sp³-hybridized carbons (Fsp3) is 0.692. The van der Waals surface area contributed by atoms with Crippen LogP contribution in [0.4, 0.5) is 5.95 Å². The van der Waals surface area contributed by atoms with Crippen molar-refractivity contribution in [1.29, 1.82) is 0 Å². The van der Waals surface area contributed by atoms with E-state index < -0.39 is 0 Å². The SMILES string of the molecule is O=c1[nH]c(N2CCOCC2)nc(O)c1C1CCCC1. The second kappa shape index (κ2) is 5.21. The second-order valence-electron chi connectivity index (χ2n) is 5.21. The molecule has 6 nitrogen and oxygen atoms in total. The van der Waals surface area contributed by atoms with Crippen molar-refractivity contribution in [2.75, 3.05) is 31.2 Å². The van der Waals surface area contributed by atoms with Crippen molar-refractivity contribution in [3.8, 4) is 5.88 Å². The molecule has 0 atom stereocenters. The summed E-state index contributed by atoms with van der Waals surface area (Å²) in [6.07, 6.45) is 4.17. The summed E-state index contributed by atoms with van der Waals surface area (Å²) >= 11 is 0. The summed E-state index contributed by atoms with van der Waals surface area (Å²) in [5, 5.41) is 10.1. The van der Waals surface area contributed by atoms with Gasteiger partial charge in [0, 0.05) is 13.1 Å². The first-order valence-corrected chi connectivity index (χ1v) is 6.91. The Labute approximate surface area is 111 Å². The van der Waals surface area contributed by atoms with Gasteiger partial charge in [-0.15, -0.1) is 0 Å². The fourth-order valence-corrected chi connectivity index (χ4v) is 2.97. The molecular weight excluding hydrogens is 246 g/mol. The summed E-state index contributed by atoms with van der Waals surface area (Å²) in [5.41, 5.74) is 0.274. The van der Waals surface area contributed by atoms with Gasteiger partial charge >= 0.3 is 0 Å². The lowest BCUT2D eigenvalue weighted by atomic mass is 10.0. The lowest BCUT2D eigenvalue weighted by Gasteiger charge is -2.27. The molecule has 2 heterocycles. The van der Waals surface area contributed by atoms with E-state index in [9.17, 15) is 9.90 Å². The van der Waals surface area contributed by atoms with Gasteiger partial charge in [-0.1, -0.05) is 12.8 Å².